The molecule has 0 bridgehead atoms. The van der Waals surface area contributed by atoms with Gasteiger partial charge in [0, 0.05) is 17.8 Å². The van der Waals surface area contributed by atoms with Gasteiger partial charge in [-0.3, -0.25) is 4.79 Å². The maximum Gasteiger partial charge on any atom is 0.340 e. The van der Waals surface area contributed by atoms with Crippen LogP contribution >= 0.6 is 0 Å². The van der Waals surface area contributed by atoms with Gasteiger partial charge in [0.2, 0.25) is 0 Å². The molecule has 0 atom stereocenters. The highest BCUT2D eigenvalue weighted by Crippen LogP contribution is 2.14. The zero-order chi connectivity index (χ0) is 15.6. The molecular weight excluding hydrogens is 272 g/mol. The maximum atomic E-state index is 12.2. The second-order valence-electron chi connectivity index (χ2n) is 4.86. The van der Waals surface area contributed by atoms with Crippen LogP contribution < -0.4 is 5.56 Å². The lowest BCUT2D eigenvalue weighted by atomic mass is 10.1. The number of esters is 1. The fourth-order valence-corrected chi connectivity index (χ4v) is 2.28. The number of rotatable bonds is 4. The van der Waals surface area contributed by atoms with E-state index in [4.69, 9.17) is 9.26 Å². The molecule has 2 aromatic rings. The Morgan fingerprint density at radius 1 is 1.33 bits per heavy atom. The fourth-order valence-electron chi connectivity index (χ4n) is 2.28. The number of carbonyl (C=O) groups excluding carboxylic acids is 1. The van der Waals surface area contributed by atoms with E-state index >= 15 is 0 Å². The summed E-state index contributed by atoms with van der Waals surface area (Å²) in [5.74, 6) is 0.256. The molecule has 21 heavy (non-hydrogen) atoms. The summed E-state index contributed by atoms with van der Waals surface area (Å²) >= 11 is 0. The number of nitrogens with zero attached hydrogens (tertiary/aromatic N) is 2. The van der Waals surface area contributed by atoms with Crippen molar-refractivity contribution in [3.8, 4) is 0 Å². The van der Waals surface area contributed by atoms with Crippen molar-refractivity contribution >= 4 is 5.97 Å². The zero-order valence-corrected chi connectivity index (χ0v) is 12.6. The smallest absolute Gasteiger partial charge is 0.340 e. The number of aryl methyl sites for hydroxylation is 2. The molecule has 2 heterocycles. The van der Waals surface area contributed by atoms with Crippen LogP contribution in [0.5, 0.6) is 0 Å². The maximum absolute atomic E-state index is 12.2. The third-order valence-electron chi connectivity index (χ3n) is 3.24. The minimum absolute atomic E-state index is 0.182. The number of ether oxygens (including phenoxy) is 1. The molecule has 112 valence electrons. The zero-order valence-electron chi connectivity index (χ0n) is 12.6. The minimum Gasteiger partial charge on any atom is -0.462 e. The van der Waals surface area contributed by atoms with Crippen molar-refractivity contribution in [2.75, 3.05) is 6.61 Å². The van der Waals surface area contributed by atoms with Crippen molar-refractivity contribution in [3.05, 3.63) is 50.8 Å². The van der Waals surface area contributed by atoms with Crippen LogP contribution in [0, 0.1) is 20.8 Å². The highest BCUT2D eigenvalue weighted by atomic mass is 16.5. The van der Waals surface area contributed by atoms with E-state index in [1.165, 1.54) is 10.6 Å². The van der Waals surface area contributed by atoms with Gasteiger partial charge >= 0.3 is 5.97 Å². The Kier molecular flexibility index (Phi) is 4.26. The van der Waals surface area contributed by atoms with E-state index in [9.17, 15) is 9.59 Å². The second-order valence-corrected chi connectivity index (χ2v) is 4.86. The van der Waals surface area contributed by atoms with Crippen molar-refractivity contribution in [1.29, 1.82) is 0 Å². The van der Waals surface area contributed by atoms with Gasteiger partial charge in [0.15, 0.2) is 0 Å². The highest BCUT2D eigenvalue weighted by Gasteiger charge is 2.18. The molecule has 0 spiro atoms. The molecule has 2 rings (SSSR count). The van der Waals surface area contributed by atoms with Gasteiger partial charge in [-0.05, 0) is 33.3 Å². The van der Waals surface area contributed by atoms with Crippen LogP contribution in [0.4, 0.5) is 0 Å². The molecule has 2 aromatic heterocycles. The summed E-state index contributed by atoms with van der Waals surface area (Å²) in [5.41, 5.74) is 2.06. The molecule has 0 saturated heterocycles. The molecule has 0 radical (unpaired) electrons. The molecule has 0 N–H and O–H groups in total. The number of aromatic nitrogens is 2. The number of hydrogen-bond donors (Lipinski definition) is 0. The van der Waals surface area contributed by atoms with Gasteiger partial charge in [-0.25, -0.2) is 4.79 Å². The van der Waals surface area contributed by atoms with E-state index < -0.39 is 5.97 Å². The van der Waals surface area contributed by atoms with Gasteiger partial charge in [0.25, 0.3) is 5.56 Å². The molecule has 6 nitrogen and oxygen atoms in total. The van der Waals surface area contributed by atoms with Crippen molar-refractivity contribution in [2.45, 2.75) is 34.2 Å². The van der Waals surface area contributed by atoms with Gasteiger partial charge < -0.3 is 13.8 Å². The molecule has 0 aromatic carbocycles. The molecule has 0 amide bonds. The van der Waals surface area contributed by atoms with E-state index in [-0.39, 0.29) is 12.1 Å². The van der Waals surface area contributed by atoms with Crippen LogP contribution in [0.15, 0.2) is 21.5 Å². The number of pyridine rings is 1. The van der Waals surface area contributed by atoms with Crippen LogP contribution in [0.3, 0.4) is 0 Å². The lowest BCUT2D eigenvalue weighted by Crippen LogP contribution is -2.26. The monoisotopic (exact) mass is 290 g/mol. The number of hydrogen-bond acceptors (Lipinski definition) is 5. The lowest BCUT2D eigenvalue weighted by Gasteiger charge is -2.14. The van der Waals surface area contributed by atoms with Gasteiger partial charge in [-0.1, -0.05) is 5.16 Å². The standard InChI is InChI=1S/C15H18N2O4/c1-5-20-15(19)14-9(2)6-13(18)17(11(14)4)8-12-7-10(3)21-16-12/h6-7H,5,8H2,1-4H3. The summed E-state index contributed by atoms with van der Waals surface area (Å²) in [6, 6.07) is 3.20. The molecule has 0 aliphatic heterocycles. The third-order valence-corrected chi connectivity index (χ3v) is 3.24. The van der Waals surface area contributed by atoms with E-state index in [1.54, 1.807) is 33.8 Å². The van der Waals surface area contributed by atoms with E-state index in [1.807, 2.05) is 0 Å². The third kappa shape index (κ3) is 3.04. The molecule has 0 fully saturated rings. The lowest BCUT2D eigenvalue weighted by molar-refractivity contribution is 0.0523. The van der Waals surface area contributed by atoms with Crippen molar-refractivity contribution in [1.82, 2.24) is 9.72 Å². The first-order chi connectivity index (χ1) is 9.93. The fraction of sp³-hybridized carbons (Fsp3) is 0.400. The SMILES string of the molecule is CCOC(=O)c1c(C)cc(=O)n(Cc2cc(C)on2)c1C. The molecule has 0 unspecified atom stereocenters. The van der Waals surface area contributed by atoms with E-state index in [0.29, 0.717) is 34.9 Å². The summed E-state index contributed by atoms with van der Waals surface area (Å²) in [7, 11) is 0. The minimum atomic E-state index is -0.419. The average Bonchev–Trinajstić information content (AvgIpc) is 2.80. The molecule has 0 saturated carbocycles. The largest absolute Gasteiger partial charge is 0.462 e. The van der Waals surface area contributed by atoms with Crippen LogP contribution in [0.2, 0.25) is 0 Å². The Morgan fingerprint density at radius 3 is 2.62 bits per heavy atom. The number of carbonyl (C=O) groups is 1. The average molecular weight is 290 g/mol. The summed E-state index contributed by atoms with van der Waals surface area (Å²) in [6.45, 7) is 7.54. The Balaban J connectivity index is 2.48. The topological polar surface area (TPSA) is 74.3 Å². The van der Waals surface area contributed by atoms with Crippen LogP contribution in [-0.4, -0.2) is 22.3 Å². The molecular formula is C15H18N2O4. The van der Waals surface area contributed by atoms with Crippen LogP contribution in [-0.2, 0) is 11.3 Å². The van der Waals surface area contributed by atoms with Crippen LogP contribution in [0.25, 0.3) is 0 Å². The van der Waals surface area contributed by atoms with Crippen molar-refractivity contribution in [3.63, 3.8) is 0 Å². The Hall–Kier alpha value is -2.37. The summed E-state index contributed by atoms with van der Waals surface area (Å²) in [5, 5.41) is 3.88. The first-order valence-corrected chi connectivity index (χ1v) is 6.74. The van der Waals surface area contributed by atoms with Gasteiger partial charge in [-0.2, -0.15) is 0 Å². The Labute approximate surface area is 122 Å². The summed E-state index contributed by atoms with van der Waals surface area (Å²) < 4.78 is 11.5. The van der Waals surface area contributed by atoms with E-state index in [2.05, 4.69) is 5.16 Å². The first kappa shape index (κ1) is 15.0. The predicted octanol–water partition coefficient (Wildman–Crippen LogP) is 1.99. The Morgan fingerprint density at radius 2 is 2.05 bits per heavy atom. The summed E-state index contributed by atoms with van der Waals surface area (Å²) in [4.78, 5) is 24.2. The predicted molar refractivity (Wildman–Crippen MR) is 76.5 cm³/mol. The van der Waals surface area contributed by atoms with Gasteiger partial charge in [0.05, 0.1) is 18.7 Å². The molecule has 0 aliphatic rings. The van der Waals surface area contributed by atoms with Gasteiger partial charge in [0.1, 0.15) is 11.5 Å². The summed E-state index contributed by atoms with van der Waals surface area (Å²) in [6.07, 6.45) is 0. The van der Waals surface area contributed by atoms with Gasteiger partial charge in [-0.15, -0.1) is 0 Å². The Bertz CT molecular complexity index is 728. The van der Waals surface area contributed by atoms with Crippen LogP contribution in [0.1, 0.15) is 40.0 Å². The quantitative estimate of drug-likeness (QED) is 0.805. The second kappa shape index (κ2) is 5.95. The van der Waals surface area contributed by atoms with Crippen molar-refractivity contribution < 1.29 is 14.1 Å². The normalized spacial score (nSPS) is 10.7. The van der Waals surface area contributed by atoms with Crippen molar-refractivity contribution in [2.24, 2.45) is 0 Å². The highest BCUT2D eigenvalue weighted by molar-refractivity contribution is 5.92. The van der Waals surface area contributed by atoms with E-state index in [0.717, 1.165) is 0 Å². The molecule has 0 aliphatic carbocycles. The first-order valence-electron chi connectivity index (χ1n) is 6.74. The molecule has 6 heteroatoms.